The molecule has 0 N–H and O–H groups in total. The van der Waals surface area contributed by atoms with Gasteiger partial charge in [0.25, 0.3) is 0 Å². The molecule has 25 heavy (non-hydrogen) atoms. The van der Waals surface area contributed by atoms with E-state index in [4.69, 9.17) is 4.74 Å². The summed E-state index contributed by atoms with van der Waals surface area (Å²) in [4.78, 5) is 28.8. The molecule has 0 radical (unpaired) electrons. The molecule has 0 aliphatic carbocycles. The lowest BCUT2D eigenvalue weighted by Crippen LogP contribution is -2.50. The van der Waals surface area contributed by atoms with Crippen molar-refractivity contribution in [1.29, 1.82) is 0 Å². The molecule has 2 saturated heterocycles. The summed E-state index contributed by atoms with van der Waals surface area (Å²) in [6.45, 7) is 10.7. The first-order chi connectivity index (χ1) is 11.8. The minimum Gasteiger partial charge on any atom is -0.372 e. The number of amides is 2. The molecule has 0 aromatic carbocycles. The van der Waals surface area contributed by atoms with E-state index in [0.29, 0.717) is 25.6 Å². The topological polar surface area (TPSA) is 67.7 Å². The van der Waals surface area contributed by atoms with Crippen molar-refractivity contribution in [1.82, 2.24) is 14.7 Å². The average molecular weight is 348 g/mol. The maximum absolute atomic E-state index is 12.8. The summed E-state index contributed by atoms with van der Waals surface area (Å²) in [5, 5.41) is 4.33. The smallest absolute Gasteiger partial charge is 0.228 e. The Labute approximate surface area is 148 Å². The van der Waals surface area contributed by atoms with Crippen LogP contribution in [-0.4, -0.2) is 58.3 Å². The van der Waals surface area contributed by atoms with Crippen LogP contribution in [0.5, 0.6) is 0 Å². The van der Waals surface area contributed by atoms with Gasteiger partial charge < -0.3 is 14.5 Å². The summed E-state index contributed by atoms with van der Waals surface area (Å²) in [5.41, 5.74) is 0.782. The first kappa shape index (κ1) is 17.9. The van der Waals surface area contributed by atoms with Crippen LogP contribution in [0.15, 0.2) is 12.4 Å². The zero-order valence-corrected chi connectivity index (χ0v) is 15.5. The number of carbonyl (C=O) groups excluding carboxylic acids is 2. The van der Waals surface area contributed by atoms with E-state index in [-0.39, 0.29) is 36.4 Å². The minimum absolute atomic E-state index is 0.00296. The van der Waals surface area contributed by atoms with Crippen LogP contribution in [0.1, 0.15) is 34.1 Å². The van der Waals surface area contributed by atoms with Crippen molar-refractivity contribution in [2.24, 2.45) is 11.8 Å². The molecule has 2 fully saturated rings. The van der Waals surface area contributed by atoms with Crippen molar-refractivity contribution >= 4 is 17.5 Å². The molecule has 2 aliphatic rings. The summed E-state index contributed by atoms with van der Waals surface area (Å²) < 4.78 is 7.55. The second-order valence-corrected chi connectivity index (χ2v) is 7.72. The number of aromatic nitrogens is 2. The van der Waals surface area contributed by atoms with Gasteiger partial charge in [-0.05, 0) is 19.8 Å². The predicted molar refractivity (Wildman–Crippen MR) is 94.1 cm³/mol. The monoisotopic (exact) mass is 348 g/mol. The van der Waals surface area contributed by atoms with Crippen molar-refractivity contribution in [3.63, 3.8) is 0 Å². The maximum Gasteiger partial charge on any atom is 0.228 e. The highest BCUT2D eigenvalue weighted by atomic mass is 16.5. The van der Waals surface area contributed by atoms with Crippen molar-refractivity contribution < 1.29 is 14.3 Å². The van der Waals surface area contributed by atoms with Crippen LogP contribution in [0.3, 0.4) is 0 Å². The number of morpholine rings is 1. The standard InChI is InChI=1S/C18H28N4O3/c1-12(2)7-21-11-16(6-19-21)22-10-15(5-17(22)23)18(24)20-8-13(3)25-14(4)9-20/h6,11-15H,5,7-10H2,1-4H3/t13-,14-,15+/m0/s1. The van der Waals surface area contributed by atoms with Crippen LogP contribution in [0.25, 0.3) is 0 Å². The average Bonchev–Trinajstić information content (AvgIpc) is 3.11. The highest BCUT2D eigenvalue weighted by molar-refractivity contribution is 6.00. The molecular weight excluding hydrogens is 320 g/mol. The molecule has 0 spiro atoms. The number of nitrogens with zero attached hydrogens (tertiary/aromatic N) is 4. The Morgan fingerprint density at radius 2 is 1.96 bits per heavy atom. The number of rotatable bonds is 4. The van der Waals surface area contributed by atoms with Gasteiger partial charge in [-0.15, -0.1) is 0 Å². The van der Waals surface area contributed by atoms with Gasteiger partial charge in [0.1, 0.15) is 0 Å². The van der Waals surface area contributed by atoms with Gasteiger partial charge in [-0.3, -0.25) is 14.3 Å². The Kier molecular flexibility index (Phi) is 5.13. The van der Waals surface area contributed by atoms with Gasteiger partial charge in [-0.2, -0.15) is 5.10 Å². The zero-order chi connectivity index (χ0) is 18.1. The molecule has 138 valence electrons. The second kappa shape index (κ2) is 7.15. The van der Waals surface area contributed by atoms with E-state index in [9.17, 15) is 9.59 Å². The van der Waals surface area contributed by atoms with E-state index in [0.717, 1.165) is 12.2 Å². The van der Waals surface area contributed by atoms with Crippen LogP contribution in [0.2, 0.25) is 0 Å². The summed E-state index contributed by atoms with van der Waals surface area (Å²) in [6, 6.07) is 0. The molecule has 3 heterocycles. The molecule has 7 heteroatoms. The highest BCUT2D eigenvalue weighted by Gasteiger charge is 2.39. The molecule has 2 amide bonds. The molecule has 0 saturated carbocycles. The van der Waals surface area contributed by atoms with E-state index in [1.54, 1.807) is 11.1 Å². The summed E-state index contributed by atoms with van der Waals surface area (Å²) >= 11 is 0. The Balaban J connectivity index is 1.65. The Morgan fingerprint density at radius 1 is 1.28 bits per heavy atom. The lowest BCUT2D eigenvalue weighted by Gasteiger charge is -2.36. The van der Waals surface area contributed by atoms with Gasteiger partial charge in [-0.25, -0.2) is 0 Å². The second-order valence-electron chi connectivity index (χ2n) is 7.72. The van der Waals surface area contributed by atoms with Crippen LogP contribution >= 0.6 is 0 Å². The molecule has 3 rings (SSSR count). The van der Waals surface area contributed by atoms with E-state index in [2.05, 4.69) is 18.9 Å². The minimum atomic E-state index is -0.279. The van der Waals surface area contributed by atoms with E-state index in [1.165, 1.54) is 0 Å². The highest BCUT2D eigenvalue weighted by Crippen LogP contribution is 2.27. The first-order valence-corrected chi connectivity index (χ1v) is 9.10. The van der Waals surface area contributed by atoms with Gasteiger partial charge in [0.05, 0.1) is 30.0 Å². The van der Waals surface area contributed by atoms with Crippen molar-refractivity contribution in [2.75, 3.05) is 24.5 Å². The predicted octanol–water partition coefficient (Wildman–Crippen LogP) is 1.53. The molecule has 0 bridgehead atoms. The normalized spacial score (nSPS) is 27.4. The molecule has 7 nitrogen and oxygen atoms in total. The van der Waals surface area contributed by atoms with Crippen molar-refractivity contribution in [2.45, 2.75) is 52.9 Å². The third-order valence-corrected chi connectivity index (χ3v) is 4.69. The van der Waals surface area contributed by atoms with Gasteiger partial charge in [0.15, 0.2) is 0 Å². The van der Waals surface area contributed by atoms with Crippen LogP contribution in [0.4, 0.5) is 5.69 Å². The summed E-state index contributed by atoms with van der Waals surface area (Å²) in [6.07, 6.45) is 3.95. The number of hydrogen-bond donors (Lipinski definition) is 0. The van der Waals surface area contributed by atoms with Crippen LogP contribution < -0.4 is 4.90 Å². The van der Waals surface area contributed by atoms with Crippen LogP contribution in [0, 0.1) is 11.8 Å². The third kappa shape index (κ3) is 4.03. The Morgan fingerprint density at radius 3 is 2.60 bits per heavy atom. The fourth-order valence-electron chi connectivity index (χ4n) is 3.70. The SMILES string of the molecule is CC(C)Cn1cc(N2C[C@H](C(=O)N3C[C@H](C)O[C@@H](C)C3)CC2=O)cn1. The fraction of sp³-hybridized carbons (Fsp3) is 0.722. The number of ether oxygens (including phenoxy) is 1. The molecule has 3 atom stereocenters. The maximum atomic E-state index is 12.8. The lowest BCUT2D eigenvalue weighted by atomic mass is 10.1. The molecule has 0 unspecified atom stereocenters. The Bertz CT molecular complexity index is 632. The van der Waals surface area contributed by atoms with E-state index >= 15 is 0 Å². The van der Waals surface area contributed by atoms with E-state index in [1.807, 2.05) is 29.6 Å². The van der Waals surface area contributed by atoms with Gasteiger partial charge in [-0.1, -0.05) is 13.8 Å². The Hall–Kier alpha value is -1.89. The van der Waals surface area contributed by atoms with E-state index < -0.39 is 0 Å². The summed E-state index contributed by atoms with van der Waals surface area (Å²) in [7, 11) is 0. The largest absolute Gasteiger partial charge is 0.372 e. The van der Waals surface area contributed by atoms with Crippen molar-refractivity contribution in [3.05, 3.63) is 12.4 Å². The third-order valence-electron chi connectivity index (χ3n) is 4.69. The van der Waals surface area contributed by atoms with Gasteiger partial charge in [0.2, 0.25) is 11.8 Å². The number of carbonyl (C=O) groups is 2. The number of hydrogen-bond acceptors (Lipinski definition) is 4. The van der Waals surface area contributed by atoms with Crippen LogP contribution in [-0.2, 0) is 20.9 Å². The first-order valence-electron chi connectivity index (χ1n) is 9.10. The molecule has 1 aromatic rings. The lowest BCUT2D eigenvalue weighted by molar-refractivity contribution is -0.147. The molecular formula is C18H28N4O3. The van der Waals surface area contributed by atoms with Gasteiger partial charge in [0, 0.05) is 38.8 Å². The molecule has 2 aliphatic heterocycles. The van der Waals surface area contributed by atoms with Gasteiger partial charge >= 0.3 is 0 Å². The number of anilines is 1. The molecule has 1 aromatic heterocycles. The van der Waals surface area contributed by atoms with Crippen molar-refractivity contribution in [3.8, 4) is 0 Å². The quantitative estimate of drug-likeness (QED) is 0.827. The summed E-state index contributed by atoms with van der Waals surface area (Å²) in [5.74, 6) is 0.268. The fourth-order valence-corrected chi connectivity index (χ4v) is 3.70. The zero-order valence-electron chi connectivity index (χ0n) is 15.5.